The van der Waals surface area contributed by atoms with Gasteiger partial charge in [-0.3, -0.25) is 14.4 Å². The number of hydrogen-bond donors (Lipinski definition) is 2. The van der Waals surface area contributed by atoms with E-state index in [0.29, 0.717) is 45.7 Å². The molecular formula is C38H40ClN3O3. The Balaban J connectivity index is 1.07. The fraction of sp³-hybridized carbons (Fsp3) is 0.395. The summed E-state index contributed by atoms with van der Waals surface area (Å²) in [6.45, 7) is 5.90. The summed E-state index contributed by atoms with van der Waals surface area (Å²) in [5.41, 5.74) is 3.41. The van der Waals surface area contributed by atoms with Crippen LogP contribution in [0.3, 0.4) is 0 Å². The molecule has 6 nitrogen and oxygen atoms in total. The van der Waals surface area contributed by atoms with E-state index in [4.69, 9.17) is 11.6 Å². The number of nitrogens with zero attached hydrogens (tertiary/aromatic N) is 1. The van der Waals surface area contributed by atoms with Crippen molar-refractivity contribution >= 4 is 34.3 Å². The molecule has 4 saturated carbocycles. The molecule has 1 heterocycles. The van der Waals surface area contributed by atoms with Gasteiger partial charge in [0.25, 0.3) is 5.91 Å². The van der Waals surface area contributed by atoms with Gasteiger partial charge in [0.05, 0.1) is 5.52 Å². The summed E-state index contributed by atoms with van der Waals surface area (Å²) in [5, 5.41) is 8.03. The maximum atomic E-state index is 13.5. The van der Waals surface area contributed by atoms with Crippen molar-refractivity contribution in [3.05, 3.63) is 111 Å². The minimum atomic E-state index is -0.413. The van der Waals surface area contributed by atoms with Crippen LogP contribution in [0.4, 0.5) is 0 Å². The van der Waals surface area contributed by atoms with Crippen LogP contribution in [0.15, 0.2) is 83.8 Å². The molecule has 232 valence electrons. The predicted molar refractivity (Wildman–Crippen MR) is 179 cm³/mol. The van der Waals surface area contributed by atoms with Gasteiger partial charge in [-0.2, -0.15) is 0 Å². The molecule has 2 amide bonds. The lowest BCUT2D eigenvalue weighted by Crippen LogP contribution is -2.67. The second-order valence-electron chi connectivity index (χ2n) is 14.7. The number of hydrogen-bond acceptors (Lipinski definition) is 3. The fourth-order valence-electron chi connectivity index (χ4n) is 8.35. The maximum Gasteiger partial charge on any atom is 0.251 e. The van der Waals surface area contributed by atoms with Crippen molar-refractivity contribution in [3.63, 3.8) is 0 Å². The van der Waals surface area contributed by atoms with Crippen LogP contribution in [-0.2, 0) is 11.2 Å². The average Bonchev–Trinajstić information content (AvgIpc) is 3.00. The fourth-order valence-corrected chi connectivity index (χ4v) is 8.52. The molecule has 1 aromatic heterocycles. The molecule has 7 heteroatoms. The number of carbonyl (C=O) groups excluding carboxylic acids is 2. The SMILES string of the molecule is CC(C)(C)C(=O)N[C@]12C[C@@H]3C[C@H](C1)[C@@H](NC(=O)c1ccc(Cc4cn(-c5ccccc5)c5cc(Cl)ccc5c4=O)cc1)[C@@H](C3)C2. The first-order valence-corrected chi connectivity index (χ1v) is 16.5. The highest BCUT2D eigenvalue weighted by molar-refractivity contribution is 6.31. The van der Waals surface area contributed by atoms with E-state index in [1.54, 1.807) is 12.1 Å². The zero-order valence-corrected chi connectivity index (χ0v) is 26.9. The Labute approximate surface area is 269 Å². The van der Waals surface area contributed by atoms with Gasteiger partial charge in [-0.1, -0.05) is 62.7 Å². The lowest BCUT2D eigenvalue weighted by molar-refractivity contribution is -0.135. The molecule has 5 atom stereocenters. The van der Waals surface area contributed by atoms with Gasteiger partial charge in [-0.05, 0) is 97.9 Å². The lowest BCUT2D eigenvalue weighted by Gasteiger charge is -2.60. The number of para-hydroxylation sites is 1. The van der Waals surface area contributed by atoms with E-state index in [1.807, 2.05) is 92.2 Å². The summed E-state index contributed by atoms with van der Waals surface area (Å²) >= 11 is 6.31. The second-order valence-corrected chi connectivity index (χ2v) is 15.1. The summed E-state index contributed by atoms with van der Waals surface area (Å²) in [5.74, 6) is 1.45. The molecule has 0 saturated heterocycles. The standard InChI is InChI=1S/C38H40ClN3O3/c1-37(2,3)36(45)41-38-19-24-16-26(20-38)33(27(17-24)21-38)40-35(44)25-11-9-23(10-12-25)15-28-22-42(30-7-5-4-6-8-30)32-18-29(39)13-14-31(32)34(28)43/h4-14,18,22,24,26-27,33H,15-17,19-21H2,1-3H3,(H,40,44)(H,41,45)/t24-,26-,27+,33-,38-. The van der Waals surface area contributed by atoms with Crippen LogP contribution in [0.5, 0.6) is 0 Å². The predicted octanol–water partition coefficient (Wildman–Crippen LogP) is 7.07. The molecule has 2 N–H and O–H groups in total. The van der Waals surface area contributed by atoms with Gasteiger partial charge in [0, 0.05) is 56.8 Å². The Hall–Kier alpha value is -3.90. The average molecular weight is 622 g/mol. The third kappa shape index (κ3) is 5.69. The summed E-state index contributed by atoms with van der Waals surface area (Å²) in [6, 6.07) is 23.0. The topological polar surface area (TPSA) is 80.2 Å². The first-order chi connectivity index (χ1) is 21.5. The van der Waals surface area contributed by atoms with E-state index >= 15 is 0 Å². The number of rotatable bonds is 6. The summed E-state index contributed by atoms with van der Waals surface area (Å²) in [4.78, 5) is 39.9. The van der Waals surface area contributed by atoms with Crippen LogP contribution < -0.4 is 16.1 Å². The second kappa shape index (κ2) is 11.2. The molecule has 0 unspecified atom stereocenters. The summed E-state index contributed by atoms with van der Waals surface area (Å²) < 4.78 is 2.02. The molecule has 0 spiro atoms. The van der Waals surface area contributed by atoms with Gasteiger partial charge < -0.3 is 15.2 Å². The molecule has 0 aliphatic heterocycles. The van der Waals surface area contributed by atoms with E-state index in [-0.39, 0.29) is 28.8 Å². The van der Waals surface area contributed by atoms with Crippen LogP contribution in [0.1, 0.15) is 74.4 Å². The number of pyridine rings is 1. The number of fused-ring (bicyclic) bond motifs is 1. The van der Waals surface area contributed by atoms with Crippen molar-refractivity contribution in [1.82, 2.24) is 15.2 Å². The molecule has 4 bridgehead atoms. The van der Waals surface area contributed by atoms with Crippen LogP contribution in [0.25, 0.3) is 16.6 Å². The minimum absolute atomic E-state index is 0.0194. The molecule has 3 aromatic carbocycles. The normalized spacial score (nSPS) is 25.3. The van der Waals surface area contributed by atoms with E-state index in [1.165, 1.54) is 0 Å². The Morgan fingerprint density at radius 2 is 1.62 bits per heavy atom. The Bertz CT molecular complexity index is 1820. The van der Waals surface area contributed by atoms with Crippen molar-refractivity contribution < 1.29 is 9.59 Å². The first-order valence-electron chi connectivity index (χ1n) is 16.1. The third-order valence-electron chi connectivity index (χ3n) is 10.3. The van der Waals surface area contributed by atoms with E-state index in [9.17, 15) is 14.4 Å². The summed E-state index contributed by atoms with van der Waals surface area (Å²) in [6.07, 6.45) is 7.51. The largest absolute Gasteiger partial charge is 0.350 e. The number of benzene rings is 3. The van der Waals surface area contributed by atoms with E-state index in [2.05, 4.69) is 10.6 Å². The maximum absolute atomic E-state index is 13.5. The smallest absolute Gasteiger partial charge is 0.251 e. The third-order valence-corrected chi connectivity index (χ3v) is 10.6. The van der Waals surface area contributed by atoms with Crippen LogP contribution in [-0.4, -0.2) is 28.0 Å². The number of amides is 2. The summed E-state index contributed by atoms with van der Waals surface area (Å²) in [7, 11) is 0. The van der Waals surface area contributed by atoms with Crippen molar-refractivity contribution in [2.45, 2.75) is 70.9 Å². The lowest BCUT2D eigenvalue weighted by atomic mass is 9.51. The van der Waals surface area contributed by atoms with Crippen molar-refractivity contribution in [2.24, 2.45) is 23.2 Å². The van der Waals surface area contributed by atoms with Crippen molar-refractivity contribution in [3.8, 4) is 5.69 Å². The molecule has 4 aliphatic rings. The van der Waals surface area contributed by atoms with Gasteiger partial charge in [0.2, 0.25) is 5.91 Å². The molecule has 4 aromatic rings. The minimum Gasteiger partial charge on any atom is -0.350 e. The van der Waals surface area contributed by atoms with Crippen molar-refractivity contribution in [2.75, 3.05) is 0 Å². The van der Waals surface area contributed by atoms with Crippen molar-refractivity contribution in [1.29, 1.82) is 0 Å². The molecule has 4 fully saturated rings. The Kier molecular flexibility index (Phi) is 7.39. The highest BCUT2D eigenvalue weighted by Crippen LogP contribution is 2.56. The highest BCUT2D eigenvalue weighted by Gasteiger charge is 2.56. The van der Waals surface area contributed by atoms with Crippen LogP contribution >= 0.6 is 11.6 Å². The highest BCUT2D eigenvalue weighted by atomic mass is 35.5. The zero-order chi connectivity index (χ0) is 31.5. The van der Waals surface area contributed by atoms with Gasteiger partial charge in [0.15, 0.2) is 5.43 Å². The molecular weight excluding hydrogens is 582 g/mol. The molecule has 4 aliphatic carbocycles. The van der Waals surface area contributed by atoms with Gasteiger partial charge in [0.1, 0.15) is 0 Å². The number of halogens is 1. The molecule has 8 rings (SSSR count). The van der Waals surface area contributed by atoms with Gasteiger partial charge in [-0.25, -0.2) is 0 Å². The Morgan fingerprint density at radius 3 is 2.29 bits per heavy atom. The molecule has 0 radical (unpaired) electrons. The monoisotopic (exact) mass is 621 g/mol. The van der Waals surface area contributed by atoms with Gasteiger partial charge in [-0.15, -0.1) is 0 Å². The van der Waals surface area contributed by atoms with Gasteiger partial charge >= 0.3 is 0 Å². The van der Waals surface area contributed by atoms with Crippen LogP contribution in [0.2, 0.25) is 5.02 Å². The Morgan fingerprint density at radius 1 is 0.933 bits per heavy atom. The number of nitrogens with one attached hydrogen (secondary N) is 2. The quantitative estimate of drug-likeness (QED) is 0.242. The van der Waals surface area contributed by atoms with E-state index in [0.717, 1.165) is 48.9 Å². The van der Waals surface area contributed by atoms with Crippen LogP contribution in [0, 0.1) is 23.2 Å². The molecule has 45 heavy (non-hydrogen) atoms. The first kappa shape index (κ1) is 29.8. The zero-order valence-electron chi connectivity index (χ0n) is 26.1. The van der Waals surface area contributed by atoms with E-state index < -0.39 is 5.41 Å². The number of aromatic nitrogens is 1. The number of carbonyl (C=O) groups is 2.